The van der Waals surface area contributed by atoms with Gasteiger partial charge in [-0.2, -0.15) is 0 Å². The lowest BCUT2D eigenvalue weighted by Gasteiger charge is -2.26. The predicted molar refractivity (Wildman–Crippen MR) is 103 cm³/mol. The Balaban J connectivity index is 0.00000182. The van der Waals surface area contributed by atoms with Crippen LogP contribution in [0.3, 0.4) is 0 Å². The maximum atomic E-state index is 13.0. The molecule has 1 N–H and O–H groups in total. The second kappa shape index (κ2) is 7.78. The average Bonchev–Trinajstić information content (AvgIpc) is 3.25. The van der Waals surface area contributed by atoms with Crippen LogP contribution in [0.5, 0.6) is 0 Å². The van der Waals surface area contributed by atoms with Crippen molar-refractivity contribution in [2.24, 2.45) is 0 Å². The van der Waals surface area contributed by atoms with Crippen molar-refractivity contribution in [3.8, 4) is 0 Å². The van der Waals surface area contributed by atoms with Gasteiger partial charge in [-0.3, -0.25) is 9.69 Å². The highest BCUT2D eigenvalue weighted by atomic mass is 35.5. The van der Waals surface area contributed by atoms with Crippen molar-refractivity contribution < 1.29 is 4.79 Å². The number of carbonyl (C=O) groups excluding carboxylic acids is 1. The topological polar surface area (TPSA) is 45.2 Å². The molecule has 2 heterocycles. The van der Waals surface area contributed by atoms with Crippen LogP contribution in [-0.2, 0) is 17.9 Å². The van der Waals surface area contributed by atoms with Crippen molar-refractivity contribution in [1.29, 1.82) is 0 Å². The van der Waals surface area contributed by atoms with Gasteiger partial charge >= 0.3 is 0 Å². The second-order valence-electron chi connectivity index (χ2n) is 5.81. The Morgan fingerprint density at radius 1 is 1.04 bits per heavy atom. The third-order valence-corrected chi connectivity index (χ3v) is 4.95. The highest BCUT2D eigenvalue weighted by Crippen LogP contribution is 2.32. The third kappa shape index (κ3) is 3.74. The number of halogens is 1. The first-order chi connectivity index (χ1) is 11.8. The van der Waals surface area contributed by atoms with Crippen LogP contribution in [0.4, 0.5) is 5.13 Å². The van der Waals surface area contributed by atoms with E-state index in [2.05, 4.69) is 39.5 Å². The lowest BCUT2D eigenvalue weighted by molar-refractivity contribution is -0.121. The highest BCUT2D eigenvalue weighted by Gasteiger charge is 2.32. The summed E-state index contributed by atoms with van der Waals surface area (Å²) in [7, 11) is 0. The number of thiazole rings is 1. The molecular formula is C19H18ClN3OS. The lowest BCUT2D eigenvalue weighted by atomic mass is 10.0. The Morgan fingerprint density at radius 2 is 1.68 bits per heavy atom. The summed E-state index contributed by atoms with van der Waals surface area (Å²) in [6.07, 6.45) is 1.70. The molecule has 2 aromatic carbocycles. The van der Waals surface area contributed by atoms with Crippen LogP contribution in [0.15, 0.2) is 66.2 Å². The Labute approximate surface area is 156 Å². The molecule has 1 aromatic heterocycles. The smallest absolute Gasteiger partial charge is 0.248 e. The number of hydrogen-bond donors (Lipinski definition) is 1. The monoisotopic (exact) mass is 371 g/mol. The first kappa shape index (κ1) is 17.6. The summed E-state index contributed by atoms with van der Waals surface area (Å²) in [5, 5.41) is 5.45. The third-order valence-electron chi connectivity index (χ3n) is 4.26. The van der Waals surface area contributed by atoms with E-state index >= 15 is 0 Å². The first-order valence-corrected chi connectivity index (χ1v) is 8.75. The SMILES string of the molecule is Cl.O=C(Nc1nccs1)C(c1ccccc1)N1Cc2ccccc2C1. The minimum Gasteiger partial charge on any atom is -0.300 e. The van der Waals surface area contributed by atoms with Crippen LogP contribution < -0.4 is 5.32 Å². The molecule has 0 spiro atoms. The molecule has 25 heavy (non-hydrogen) atoms. The molecule has 3 aromatic rings. The fourth-order valence-corrected chi connectivity index (χ4v) is 3.70. The molecule has 4 nitrogen and oxygen atoms in total. The number of aromatic nitrogens is 1. The summed E-state index contributed by atoms with van der Waals surface area (Å²) in [6, 6.07) is 18.0. The number of fused-ring (bicyclic) bond motifs is 1. The van der Waals surface area contributed by atoms with Crippen LogP contribution >= 0.6 is 23.7 Å². The van der Waals surface area contributed by atoms with Crippen LogP contribution in [0, 0.1) is 0 Å². The molecule has 128 valence electrons. The van der Waals surface area contributed by atoms with Crippen LogP contribution in [0.25, 0.3) is 0 Å². The van der Waals surface area contributed by atoms with E-state index in [1.165, 1.54) is 22.5 Å². The maximum absolute atomic E-state index is 13.0. The minimum atomic E-state index is -0.331. The maximum Gasteiger partial charge on any atom is 0.248 e. The minimum absolute atomic E-state index is 0. The van der Waals surface area contributed by atoms with E-state index in [1.807, 2.05) is 35.7 Å². The summed E-state index contributed by atoms with van der Waals surface area (Å²) in [4.78, 5) is 19.3. The molecule has 4 rings (SSSR count). The quantitative estimate of drug-likeness (QED) is 0.745. The highest BCUT2D eigenvalue weighted by molar-refractivity contribution is 7.13. The van der Waals surface area contributed by atoms with E-state index in [0.717, 1.165) is 18.7 Å². The zero-order valence-electron chi connectivity index (χ0n) is 13.5. The Kier molecular flexibility index (Phi) is 5.48. The summed E-state index contributed by atoms with van der Waals surface area (Å²) in [5.74, 6) is -0.0380. The van der Waals surface area contributed by atoms with Crippen molar-refractivity contribution in [2.45, 2.75) is 19.1 Å². The van der Waals surface area contributed by atoms with Crippen molar-refractivity contribution in [2.75, 3.05) is 5.32 Å². The van der Waals surface area contributed by atoms with E-state index < -0.39 is 0 Å². The zero-order chi connectivity index (χ0) is 16.4. The number of hydrogen-bond acceptors (Lipinski definition) is 4. The second-order valence-corrected chi connectivity index (χ2v) is 6.71. The molecule has 0 fully saturated rings. The normalized spacial score (nSPS) is 14.4. The molecule has 0 saturated heterocycles. The number of amides is 1. The van der Waals surface area contributed by atoms with E-state index in [1.54, 1.807) is 6.20 Å². The van der Waals surface area contributed by atoms with Gasteiger partial charge < -0.3 is 5.32 Å². The predicted octanol–water partition coefficient (Wildman–Crippen LogP) is 4.26. The van der Waals surface area contributed by atoms with Gasteiger partial charge in [0, 0.05) is 24.7 Å². The molecule has 6 heteroatoms. The summed E-state index contributed by atoms with van der Waals surface area (Å²) in [5.41, 5.74) is 3.58. The molecule has 1 atom stereocenters. The van der Waals surface area contributed by atoms with E-state index in [-0.39, 0.29) is 24.4 Å². The van der Waals surface area contributed by atoms with Gasteiger partial charge in [-0.15, -0.1) is 23.7 Å². The lowest BCUT2D eigenvalue weighted by Crippen LogP contribution is -2.34. The molecule has 1 aliphatic heterocycles. The van der Waals surface area contributed by atoms with Crippen molar-refractivity contribution in [1.82, 2.24) is 9.88 Å². The van der Waals surface area contributed by atoms with Gasteiger partial charge in [-0.05, 0) is 16.7 Å². The van der Waals surface area contributed by atoms with Crippen LogP contribution in [0.2, 0.25) is 0 Å². The molecule has 0 aliphatic carbocycles. The van der Waals surface area contributed by atoms with Gasteiger partial charge in [-0.1, -0.05) is 54.6 Å². The first-order valence-electron chi connectivity index (χ1n) is 7.87. The zero-order valence-corrected chi connectivity index (χ0v) is 15.1. The summed E-state index contributed by atoms with van der Waals surface area (Å²) < 4.78 is 0. The van der Waals surface area contributed by atoms with E-state index in [0.29, 0.717) is 5.13 Å². The molecule has 1 aliphatic rings. The number of anilines is 1. The van der Waals surface area contributed by atoms with Gasteiger partial charge in [0.25, 0.3) is 0 Å². The Bertz CT molecular complexity index is 814. The molecular weight excluding hydrogens is 354 g/mol. The largest absolute Gasteiger partial charge is 0.300 e. The van der Waals surface area contributed by atoms with E-state index in [4.69, 9.17) is 0 Å². The molecule has 1 unspecified atom stereocenters. The molecule has 1 amide bonds. The van der Waals surface area contributed by atoms with Crippen molar-refractivity contribution in [3.05, 3.63) is 82.9 Å². The van der Waals surface area contributed by atoms with Crippen molar-refractivity contribution >= 4 is 34.8 Å². The van der Waals surface area contributed by atoms with Crippen LogP contribution in [-0.4, -0.2) is 15.8 Å². The van der Waals surface area contributed by atoms with Gasteiger partial charge in [0.15, 0.2) is 5.13 Å². The summed E-state index contributed by atoms with van der Waals surface area (Å²) in [6.45, 7) is 1.56. The standard InChI is InChI=1S/C19H17N3OS.ClH/c23-18(21-19-20-10-11-24-19)17(14-6-2-1-3-7-14)22-12-15-8-4-5-9-16(15)13-22;/h1-11,17H,12-13H2,(H,20,21,23);1H. The van der Waals surface area contributed by atoms with E-state index in [9.17, 15) is 4.79 Å². The number of benzene rings is 2. The Hall–Kier alpha value is -2.21. The van der Waals surface area contributed by atoms with Crippen molar-refractivity contribution in [3.63, 3.8) is 0 Å². The number of carbonyl (C=O) groups is 1. The fourth-order valence-electron chi connectivity index (χ4n) is 3.16. The van der Waals surface area contributed by atoms with Gasteiger partial charge in [0.1, 0.15) is 6.04 Å². The average molecular weight is 372 g/mol. The number of nitrogens with one attached hydrogen (secondary N) is 1. The fraction of sp³-hybridized carbons (Fsp3) is 0.158. The molecule has 0 bridgehead atoms. The summed E-state index contributed by atoms with van der Waals surface area (Å²) >= 11 is 1.43. The van der Waals surface area contributed by atoms with Crippen LogP contribution in [0.1, 0.15) is 22.7 Å². The number of nitrogens with zero attached hydrogens (tertiary/aromatic N) is 2. The molecule has 0 radical (unpaired) electrons. The van der Waals surface area contributed by atoms with Gasteiger partial charge in [0.2, 0.25) is 5.91 Å². The van der Waals surface area contributed by atoms with Gasteiger partial charge in [-0.25, -0.2) is 4.98 Å². The Morgan fingerprint density at radius 3 is 2.28 bits per heavy atom. The molecule has 0 saturated carbocycles. The number of rotatable bonds is 4. The van der Waals surface area contributed by atoms with Gasteiger partial charge in [0.05, 0.1) is 0 Å².